The summed E-state index contributed by atoms with van der Waals surface area (Å²) in [6.45, 7) is 6.01. The zero-order valence-electron chi connectivity index (χ0n) is 13.8. The number of aryl methyl sites for hydroxylation is 3. The van der Waals surface area contributed by atoms with Gasteiger partial charge < -0.3 is 15.4 Å². The Bertz CT molecular complexity index is 706. The number of rotatable bonds is 5. The molecule has 122 valence electrons. The summed E-state index contributed by atoms with van der Waals surface area (Å²) in [7, 11) is 1.60. The van der Waals surface area contributed by atoms with Crippen LogP contribution in [0.5, 0.6) is 5.75 Å². The molecule has 0 spiro atoms. The maximum Gasteiger partial charge on any atom is 0.243 e. The lowest BCUT2D eigenvalue weighted by Crippen LogP contribution is -2.22. The maximum atomic E-state index is 12.2. The summed E-state index contributed by atoms with van der Waals surface area (Å²) in [4.78, 5) is 12.2. The quantitative estimate of drug-likeness (QED) is 0.857. The number of hydrogen-bond donors (Lipinski definition) is 2. The summed E-state index contributed by atoms with van der Waals surface area (Å²) in [5, 5.41) is 6.49. The first-order valence-electron chi connectivity index (χ1n) is 7.36. The fraction of sp³-hybridized carbons (Fsp3) is 0.278. The van der Waals surface area contributed by atoms with Gasteiger partial charge in [-0.2, -0.15) is 0 Å². The topological polar surface area (TPSA) is 50.4 Å². The average molecular weight is 333 g/mol. The number of hydrogen-bond acceptors (Lipinski definition) is 3. The van der Waals surface area contributed by atoms with Crippen LogP contribution in [0.3, 0.4) is 0 Å². The first kappa shape index (κ1) is 17.2. The highest BCUT2D eigenvalue weighted by Gasteiger charge is 2.10. The molecule has 0 saturated carbocycles. The highest BCUT2D eigenvalue weighted by Crippen LogP contribution is 2.28. The molecule has 1 amide bonds. The second kappa shape index (κ2) is 7.38. The Balaban J connectivity index is 2.05. The largest absolute Gasteiger partial charge is 0.495 e. The average Bonchev–Trinajstić information content (AvgIpc) is 2.49. The smallest absolute Gasteiger partial charge is 0.243 e. The zero-order chi connectivity index (χ0) is 17.0. The Morgan fingerprint density at radius 1 is 1.13 bits per heavy atom. The van der Waals surface area contributed by atoms with Crippen LogP contribution in [0.4, 0.5) is 11.4 Å². The molecule has 23 heavy (non-hydrogen) atoms. The molecule has 2 aromatic carbocycles. The van der Waals surface area contributed by atoms with Gasteiger partial charge in [0.25, 0.3) is 0 Å². The number of benzene rings is 2. The first-order chi connectivity index (χ1) is 10.9. The third kappa shape index (κ3) is 4.39. The number of methoxy groups -OCH3 is 1. The van der Waals surface area contributed by atoms with Gasteiger partial charge in [-0.3, -0.25) is 4.79 Å². The molecule has 0 fully saturated rings. The molecule has 0 radical (unpaired) electrons. The molecule has 2 N–H and O–H groups in total. The molecule has 0 unspecified atom stereocenters. The van der Waals surface area contributed by atoms with Gasteiger partial charge in [0.15, 0.2) is 0 Å². The number of carbonyl (C=O) groups excluding carboxylic acids is 1. The van der Waals surface area contributed by atoms with Crippen LogP contribution in [0.25, 0.3) is 0 Å². The van der Waals surface area contributed by atoms with E-state index >= 15 is 0 Å². The van der Waals surface area contributed by atoms with Crippen molar-refractivity contribution in [3.05, 3.63) is 52.0 Å². The Kier molecular flexibility index (Phi) is 5.50. The molecule has 2 rings (SSSR count). The van der Waals surface area contributed by atoms with E-state index in [0.29, 0.717) is 16.5 Å². The highest BCUT2D eigenvalue weighted by atomic mass is 35.5. The van der Waals surface area contributed by atoms with Crippen LogP contribution >= 0.6 is 11.6 Å². The zero-order valence-corrected chi connectivity index (χ0v) is 14.5. The van der Waals surface area contributed by atoms with E-state index in [1.807, 2.05) is 51.1 Å². The van der Waals surface area contributed by atoms with E-state index < -0.39 is 0 Å². The summed E-state index contributed by atoms with van der Waals surface area (Å²) in [5.74, 6) is 0.537. The van der Waals surface area contributed by atoms with Gasteiger partial charge in [0.05, 0.1) is 30.1 Å². The van der Waals surface area contributed by atoms with E-state index in [9.17, 15) is 4.79 Å². The number of halogens is 1. The van der Waals surface area contributed by atoms with Crippen LogP contribution in [0.15, 0.2) is 30.3 Å². The van der Waals surface area contributed by atoms with Crippen LogP contribution in [0.2, 0.25) is 5.02 Å². The number of ether oxygens (including phenoxy) is 1. The predicted octanol–water partition coefficient (Wildman–Crippen LogP) is 4.32. The van der Waals surface area contributed by atoms with E-state index in [2.05, 4.69) is 10.6 Å². The summed E-state index contributed by atoms with van der Waals surface area (Å²) in [6, 6.07) is 9.59. The molecule has 0 bridgehead atoms. The Hall–Kier alpha value is -2.20. The van der Waals surface area contributed by atoms with E-state index in [1.54, 1.807) is 7.11 Å². The van der Waals surface area contributed by atoms with Crippen molar-refractivity contribution in [2.45, 2.75) is 20.8 Å². The van der Waals surface area contributed by atoms with Crippen molar-refractivity contribution >= 4 is 28.9 Å². The lowest BCUT2D eigenvalue weighted by Gasteiger charge is -2.14. The van der Waals surface area contributed by atoms with Gasteiger partial charge in [-0.1, -0.05) is 23.7 Å². The summed E-state index contributed by atoms with van der Waals surface area (Å²) >= 11 is 6.21. The SMILES string of the molecule is COc1ccc(C)cc1NCC(=O)Nc1c(C)cc(C)cc1Cl. The molecule has 0 saturated heterocycles. The minimum atomic E-state index is -0.164. The minimum absolute atomic E-state index is 0.128. The van der Waals surface area contributed by atoms with Gasteiger partial charge in [0, 0.05) is 0 Å². The van der Waals surface area contributed by atoms with Crippen molar-refractivity contribution in [2.75, 3.05) is 24.3 Å². The third-order valence-electron chi connectivity index (χ3n) is 3.49. The first-order valence-corrected chi connectivity index (χ1v) is 7.73. The number of anilines is 2. The van der Waals surface area contributed by atoms with Crippen LogP contribution in [0.1, 0.15) is 16.7 Å². The van der Waals surface area contributed by atoms with Crippen molar-refractivity contribution in [3.8, 4) is 5.75 Å². The Morgan fingerprint density at radius 2 is 1.87 bits per heavy atom. The van der Waals surface area contributed by atoms with Crippen LogP contribution in [0, 0.1) is 20.8 Å². The van der Waals surface area contributed by atoms with E-state index in [1.165, 1.54) is 0 Å². The van der Waals surface area contributed by atoms with Crippen molar-refractivity contribution in [3.63, 3.8) is 0 Å². The molecule has 2 aromatic rings. The van der Waals surface area contributed by atoms with E-state index in [0.717, 1.165) is 22.4 Å². The second-order valence-electron chi connectivity index (χ2n) is 5.54. The van der Waals surface area contributed by atoms with Crippen LogP contribution < -0.4 is 15.4 Å². The van der Waals surface area contributed by atoms with Gasteiger partial charge >= 0.3 is 0 Å². The molecule has 5 heteroatoms. The monoisotopic (exact) mass is 332 g/mol. The predicted molar refractivity (Wildman–Crippen MR) is 95.8 cm³/mol. The van der Waals surface area contributed by atoms with Crippen molar-refractivity contribution in [2.24, 2.45) is 0 Å². The molecule has 0 aromatic heterocycles. The van der Waals surface area contributed by atoms with Gasteiger partial charge in [-0.15, -0.1) is 0 Å². The van der Waals surface area contributed by atoms with Gasteiger partial charge in [-0.25, -0.2) is 0 Å². The van der Waals surface area contributed by atoms with Crippen LogP contribution in [-0.2, 0) is 4.79 Å². The summed E-state index contributed by atoms with van der Waals surface area (Å²) < 4.78 is 5.29. The Labute approximate surface area is 141 Å². The van der Waals surface area contributed by atoms with Crippen molar-refractivity contribution in [1.82, 2.24) is 0 Å². The second-order valence-corrected chi connectivity index (χ2v) is 5.95. The lowest BCUT2D eigenvalue weighted by atomic mass is 10.1. The van der Waals surface area contributed by atoms with Gasteiger partial charge in [0.2, 0.25) is 5.91 Å². The molecular formula is C18H21ClN2O2. The molecule has 0 aliphatic heterocycles. The standard InChI is InChI=1S/C18H21ClN2O2/c1-11-5-6-16(23-4)15(9-11)20-10-17(22)21-18-13(3)7-12(2)8-14(18)19/h5-9,20H,10H2,1-4H3,(H,21,22). The fourth-order valence-corrected chi connectivity index (χ4v) is 2.76. The molecule has 0 atom stereocenters. The lowest BCUT2D eigenvalue weighted by molar-refractivity contribution is -0.114. The molecule has 0 aliphatic rings. The molecule has 0 heterocycles. The van der Waals surface area contributed by atoms with E-state index in [4.69, 9.17) is 16.3 Å². The molecule has 0 aliphatic carbocycles. The van der Waals surface area contributed by atoms with Crippen molar-refractivity contribution in [1.29, 1.82) is 0 Å². The fourth-order valence-electron chi connectivity index (χ4n) is 2.39. The molecule has 4 nitrogen and oxygen atoms in total. The number of carbonyl (C=O) groups is 1. The van der Waals surface area contributed by atoms with Crippen molar-refractivity contribution < 1.29 is 9.53 Å². The normalized spacial score (nSPS) is 10.3. The summed E-state index contributed by atoms with van der Waals surface area (Å²) in [5.41, 5.74) is 4.53. The van der Waals surface area contributed by atoms with Crippen LogP contribution in [-0.4, -0.2) is 19.6 Å². The van der Waals surface area contributed by atoms with E-state index in [-0.39, 0.29) is 12.5 Å². The van der Waals surface area contributed by atoms with Gasteiger partial charge in [-0.05, 0) is 55.7 Å². The number of nitrogens with one attached hydrogen (secondary N) is 2. The minimum Gasteiger partial charge on any atom is -0.495 e. The third-order valence-corrected chi connectivity index (χ3v) is 3.79. The van der Waals surface area contributed by atoms with Gasteiger partial charge in [0.1, 0.15) is 5.75 Å². The molecular weight excluding hydrogens is 312 g/mol. The Morgan fingerprint density at radius 3 is 2.52 bits per heavy atom. The number of amides is 1. The summed E-state index contributed by atoms with van der Waals surface area (Å²) in [6.07, 6.45) is 0. The highest BCUT2D eigenvalue weighted by molar-refractivity contribution is 6.34. The maximum absolute atomic E-state index is 12.2.